The summed E-state index contributed by atoms with van der Waals surface area (Å²) in [6.45, 7) is 2.79. The van der Waals surface area contributed by atoms with Crippen LogP contribution in [0.1, 0.15) is 18.1 Å². The molecule has 0 heterocycles. The van der Waals surface area contributed by atoms with Crippen LogP contribution in [0.2, 0.25) is 0 Å². The number of hydrogen-bond acceptors (Lipinski definition) is 1. The first-order chi connectivity index (χ1) is 8.28. The van der Waals surface area contributed by atoms with Gasteiger partial charge in [-0.2, -0.15) is 0 Å². The molecule has 0 saturated carbocycles. The van der Waals surface area contributed by atoms with Gasteiger partial charge in [-0.1, -0.05) is 37.3 Å². The number of hydrogen-bond donors (Lipinski definition) is 0. The quantitative estimate of drug-likeness (QED) is 0.750. The first-order valence-electron chi connectivity index (χ1n) is 5.74. The van der Waals surface area contributed by atoms with Gasteiger partial charge in [0.15, 0.2) is 0 Å². The van der Waals surface area contributed by atoms with Crippen molar-refractivity contribution in [3.8, 4) is 5.75 Å². The molecular formula is C15H15IO. The van der Waals surface area contributed by atoms with E-state index in [0.29, 0.717) is 6.61 Å². The third-order valence-electron chi connectivity index (χ3n) is 2.63. The van der Waals surface area contributed by atoms with Crippen LogP contribution in [0.3, 0.4) is 0 Å². The summed E-state index contributed by atoms with van der Waals surface area (Å²) in [6, 6.07) is 16.7. The molecular weight excluding hydrogens is 323 g/mol. The molecule has 0 aromatic heterocycles. The van der Waals surface area contributed by atoms with E-state index in [4.69, 9.17) is 4.74 Å². The fourth-order valence-corrected chi connectivity index (χ4v) is 2.11. The van der Waals surface area contributed by atoms with Crippen LogP contribution in [0.5, 0.6) is 5.75 Å². The Kier molecular flexibility index (Phi) is 4.42. The van der Waals surface area contributed by atoms with Crippen molar-refractivity contribution in [1.29, 1.82) is 0 Å². The second kappa shape index (κ2) is 6.05. The minimum atomic E-state index is 0.629. The summed E-state index contributed by atoms with van der Waals surface area (Å²) in [5.41, 5.74) is 2.57. The molecule has 0 radical (unpaired) electrons. The number of benzene rings is 2. The van der Waals surface area contributed by atoms with Gasteiger partial charge in [0.2, 0.25) is 0 Å². The second-order valence-corrected chi connectivity index (χ2v) is 5.16. The summed E-state index contributed by atoms with van der Waals surface area (Å²) in [4.78, 5) is 0. The van der Waals surface area contributed by atoms with Crippen LogP contribution in [0.15, 0.2) is 48.5 Å². The first-order valence-corrected chi connectivity index (χ1v) is 6.82. The van der Waals surface area contributed by atoms with Crippen molar-refractivity contribution in [3.63, 3.8) is 0 Å². The summed E-state index contributed by atoms with van der Waals surface area (Å²) < 4.78 is 6.94. The zero-order valence-corrected chi connectivity index (χ0v) is 12.0. The van der Waals surface area contributed by atoms with Crippen LogP contribution < -0.4 is 4.74 Å². The van der Waals surface area contributed by atoms with E-state index in [2.05, 4.69) is 59.8 Å². The standard InChI is InChI=1S/C15H15IO/c1-2-12-6-8-13(9-7-12)11-17-15-5-3-4-14(16)10-15/h3-10H,2,11H2,1H3. The van der Waals surface area contributed by atoms with E-state index in [1.54, 1.807) is 0 Å². The monoisotopic (exact) mass is 338 g/mol. The van der Waals surface area contributed by atoms with E-state index in [1.807, 2.05) is 18.2 Å². The minimum absolute atomic E-state index is 0.629. The second-order valence-electron chi connectivity index (χ2n) is 3.92. The molecule has 0 unspecified atom stereocenters. The molecule has 0 bridgehead atoms. The van der Waals surface area contributed by atoms with Gasteiger partial charge in [-0.3, -0.25) is 0 Å². The van der Waals surface area contributed by atoms with E-state index in [0.717, 1.165) is 12.2 Å². The highest BCUT2D eigenvalue weighted by Crippen LogP contribution is 2.16. The van der Waals surface area contributed by atoms with Gasteiger partial charge in [0, 0.05) is 3.57 Å². The molecule has 0 aliphatic rings. The van der Waals surface area contributed by atoms with Crippen molar-refractivity contribution >= 4 is 22.6 Å². The number of ether oxygens (including phenoxy) is 1. The zero-order chi connectivity index (χ0) is 12.1. The van der Waals surface area contributed by atoms with Crippen molar-refractivity contribution < 1.29 is 4.74 Å². The zero-order valence-electron chi connectivity index (χ0n) is 9.82. The number of halogens is 1. The lowest BCUT2D eigenvalue weighted by molar-refractivity contribution is 0.306. The molecule has 0 spiro atoms. The predicted octanol–water partition coefficient (Wildman–Crippen LogP) is 4.43. The van der Waals surface area contributed by atoms with E-state index >= 15 is 0 Å². The molecule has 2 aromatic rings. The van der Waals surface area contributed by atoms with Crippen LogP contribution >= 0.6 is 22.6 Å². The van der Waals surface area contributed by atoms with E-state index < -0.39 is 0 Å². The van der Waals surface area contributed by atoms with Crippen LogP contribution in [0.4, 0.5) is 0 Å². The highest BCUT2D eigenvalue weighted by atomic mass is 127. The van der Waals surface area contributed by atoms with Gasteiger partial charge >= 0.3 is 0 Å². The third kappa shape index (κ3) is 3.73. The normalized spacial score (nSPS) is 10.2. The molecule has 0 atom stereocenters. The molecule has 2 heteroatoms. The average Bonchev–Trinajstić information content (AvgIpc) is 2.37. The lowest BCUT2D eigenvalue weighted by atomic mass is 10.1. The average molecular weight is 338 g/mol. The highest BCUT2D eigenvalue weighted by Gasteiger charge is 1.97. The molecule has 0 aliphatic heterocycles. The Labute approximate surface area is 116 Å². The van der Waals surface area contributed by atoms with Gasteiger partial charge < -0.3 is 4.74 Å². The maximum Gasteiger partial charge on any atom is 0.120 e. The summed E-state index contributed by atoms with van der Waals surface area (Å²) in [5, 5.41) is 0. The molecule has 0 amide bonds. The van der Waals surface area contributed by atoms with Gasteiger partial charge in [-0.25, -0.2) is 0 Å². The highest BCUT2D eigenvalue weighted by molar-refractivity contribution is 14.1. The van der Waals surface area contributed by atoms with Crippen LogP contribution in [0.25, 0.3) is 0 Å². The minimum Gasteiger partial charge on any atom is -0.489 e. The van der Waals surface area contributed by atoms with Crippen molar-refractivity contribution in [2.24, 2.45) is 0 Å². The molecule has 17 heavy (non-hydrogen) atoms. The van der Waals surface area contributed by atoms with Crippen LogP contribution in [-0.4, -0.2) is 0 Å². The number of rotatable bonds is 4. The summed E-state index contributed by atoms with van der Waals surface area (Å²) in [7, 11) is 0. The Morgan fingerprint density at radius 3 is 2.35 bits per heavy atom. The Hall–Kier alpha value is -1.03. The third-order valence-corrected chi connectivity index (χ3v) is 3.30. The van der Waals surface area contributed by atoms with Gasteiger partial charge in [-0.05, 0) is 58.3 Å². The van der Waals surface area contributed by atoms with Gasteiger partial charge in [-0.15, -0.1) is 0 Å². The lowest BCUT2D eigenvalue weighted by Gasteiger charge is -2.07. The molecule has 0 fully saturated rings. The van der Waals surface area contributed by atoms with Crippen molar-refractivity contribution in [2.75, 3.05) is 0 Å². The largest absolute Gasteiger partial charge is 0.489 e. The fraction of sp³-hybridized carbons (Fsp3) is 0.200. The Bertz CT molecular complexity index is 477. The topological polar surface area (TPSA) is 9.23 Å². The van der Waals surface area contributed by atoms with Crippen LogP contribution in [0, 0.1) is 3.57 Å². The van der Waals surface area contributed by atoms with E-state index in [-0.39, 0.29) is 0 Å². The summed E-state index contributed by atoms with van der Waals surface area (Å²) in [6.07, 6.45) is 1.08. The Morgan fingerprint density at radius 2 is 1.71 bits per heavy atom. The Balaban J connectivity index is 1.97. The first kappa shape index (κ1) is 12.4. The molecule has 0 saturated heterocycles. The van der Waals surface area contributed by atoms with Gasteiger partial charge in [0.1, 0.15) is 12.4 Å². The molecule has 2 aromatic carbocycles. The van der Waals surface area contributed by atoms with Gasteiger partial charge in [0.25, 0.3) is 0 Å². The maximum absolute atomic E-state index is 5.74. The molecule has 0 aliphatic carbocycles. The molecule has 1 nitrogen and oxygen atoms in total. The molecule has 88 valence electrons. The van der Waals surface area contributed by atoms with Crippen LogP contribution in [-0.2, 0) is 13.0 Å². The number of aryl methyl sites for hydroxylation is 1. The smallest absolute Gasteiger partial charge is 0.120 e. The van der Waals surface area contributed by atoms with Crippen molar-refractivity contribution in [1.82, 2.24) is 0 Å². The summed E-state index contributed by atoms with van der Waals surface area (Å²) >= 11 is 2.29. The lowest BCUT2D eigenvalue weighted by Crippen LogP contribution is -1.95. The predicted molar refractivity (Wildman–Crippen MR) is 79.3 cm³/mol. The van der Waals surface area contributed by atoms with Crippen molar-refractivity contribution in [3.05, 3.63) is 63.2 Å². The molecule has 2 rings (SSSR count). The van der Waals surface area contributed by atoms with E-state index in [1.165, 1.54) is 14.7 Å². The van der Waals surface area contributed by atoms with Crippen molar-refractivity contribution in [2.45, 2.75) is 20.0 Å². The van der Waals surface area contributed by atoms with Gasteiger partial charge in [0.05, 0.1) is 0 Å². The fourth-order valence-electron chi connectivity index (χ4n) is 1.59. The SMILES string of the molecule is CCc1ccc(COc2cccc(I)c2)cc1. The summed E-state index contributed by atoms with van der Waals surface area (Å²) in [5.74, 6) is 0.927. The molecule has 0 N–H and O–H groups in total. The maximum atomic E-state index is 5.74. The Morgan fingerprint density at radius 1 is 1.00 bits per heavy atom. The van der Waals surface area contributed by atoms with E-state index in [9.17, 15) is 0 Å².